The van der Waals surface area contributed by atoms with Gasteiger partial charge in [0.2, 0.25) is 0 Å². The Morgan fingerprint density at radius 1 is 1.26 bits per heavy atom. The van der Waals surface area contributed by atoms with Gasteiger partial charge in [0, 0.05) is 17.0 Å². The molecule has 1 aromatic carbocycles. The second kappa shape index (κ2) is 5.47. The first-order valence-corrected chi connectivity index (χ1v) is 7.71. The monoisotopic (exact) mass is 331 g/mol. The van der Waals surface area contributed by atoms with Crippen LogP contribution in [0.5, 0.6) is 0 Å². The first-order chi connectivity index (χ1) is 10.9. The second-order valence-corrected chi connectivity index (χ2v) is 6.30. The molecule has 1 aliphatic rings. The first-order valence-electron chi connectivity index (χ1n) is 6.83. The van der Waals surface area contributed by atoms with E-state index in [4.69, 9.17) is 0 Å². The lowest BCUT2D eigenvalue weighted by molar-refractivity contribution is -0.384. The topological polar surface area (TPSA) is 92.6 Å². The van der Waals surface area contributed by atoms with E-state index in [0.717, 1.165) is 9.78 Å². The smallest absolute Gasteiger partial charge is 0.319 e. The fraction of sp³-hybridized carbons (Fsp3) is 0.200. The van der Waals surface area contributed by atoms with Crippen molar-refractivity contribution in [1.29, 1.82) is 0 Å². The summed E-state index contributed by atoms with van der Waals surface area (Å²) in [5.41, 5.74) is -0.449. The third-order valence-electron chi connectivity index (χ3n) is 3.78. The number of benzene rings is 1. The molecule has 0 saturated carbocycles. The van der Waals surface area contributed by atoms with Crippen molar-refractivity contribution in [3.63, 3.8) is 0 Å². The van der Waals surface area contributed by atoms with Gasteiger partial charge in [-0.3, -0.25) is 19.8 Å². The third-order valence-corrected chi connectivity index (χ3v) is 4.87. The Hall–Kier alpha value is -2.74. The van der Waals surface area contributed by atoms with Crippen LogP contribution in [0.3, 0.4) is 0 Å². The minimum absolute atomic E-state index is 0.0330. The normalized spacial score (nSPS) is 20.7. The molecule has 23 heavy (non-hydrogen) atoms. The quantitative estimate of drug-likeness (QED) is 0.529. The third kappa shape index (κ3) is 2.57. The molecule has 0 spiro atoms. The van der Waals surface area contributed by atoms with Gasteiger partial charge >= 0.3 is 6.03 Å². The Balaban J connectivity index is 1.82. The molecule has 2 aromatic rings. The molecule has 1 fully saturated rings. The summed E-state index contributed by atoms with van der Waals surface area (Å²) in [4.78, 5) is 36.9. The van der Waals surface area contributed by atoms with Crippen LogP contribution in [0.4, 0.5) is 10.5 Å². The van der Waals surface area contributed by atoms with Crippen molar-refractivity contribution in [2.75, 3.05) is 0 Å². The van der Waals surface area contributed by atoms with Gasteiger partial charge in [0.05, 0.1) is 11.5 Å². The zero-order chi connectivity index (χ0) is 16.6. The summed E-state index contributed by atoms with van der Waals surface area (Å²) in [6.45, 7) is 1.75. The van der Waals surface area contributed by atoms with Crippen LogP contribution in [0.2, 0.25) is 0 Å². The van der Waals surface area contributed by atoms with E-state index in [-0.39, 0.29) is 18.1 Å². The van der Waals surface area contributed by atoms with Crippen LogP contribution in [-0.2, 0) is 16.9 Å². The van der Waals surface area contributed by atoms with Crippen LogP contribution >= 0.6 is 11.3 Å². The number of nitrogens with one attached hydrogen (secondary N) is 1. The van der Waals surface area contributed by atoms with Crippen LogP contribution < -0.4 is 5.32 Å². The largest absolute Gasteiger partial charge is 0.325 e. The lowest BCUT2D eigenvalue weighted by atomic mass is 10.0. The molecule has 1 aliphatic heterocycles. The molecular formula is C15H13N3O4S. The van der Waals surface area contributed by atoms with Gasteiger partial charge in [-0.25, -0.2) is 4.79 Å². The molecule has 3 rings (SSSR count). The average Bonchev–Trinajstić information content (AvgIpc) is 3.12. The zero-order valence-corrected chi connectivity index (χ0v) is 13.0. The minimum Gasteiger partial charge on any atom is -0.319 e. The number of nitrogens with zero attached hydrogens (tertiary/aromatic N) is 2. The molecule has 0 radical (unpaired) electrons. The molecule has 0 aliphatic carbocycles. The van der Waals surface area contributed by atoms with Gasteiger partial charge < -0.3 is 5.32 Å². The van der Waals surface area contributed by atoms with Crippen LogP contribution in [0, 0.1) is 10.1 Å². The van der Waals surface area contributed by atoms with Crippen LogP contribution in [0.25, 0.3) is 0 Å². The Labute approximate surface area is 135 Å². The molecule has 7 nitrogen and oxygen atoms in total. The molecule has 118 valence electrons. The van der Waals surface area contributed by atoms with Crippen LogP contribution in [-0.4, -0.2) is 21.8 Å². The fourth-order valence-electron chi connectivity index (χ4n) is 2.48. The number of imide groups is 1. The predicted molar refractivity (Wildman–Crippen MR) is 83.8 cm³/mol. The van der Waals surface area contributed by atoms with Gasteiger partial charge in [0.1, 0.15) is 0 Å². The van der Waals surface area contributed by atoms with Crippen molar-refractivity contribution in [3.05, 3.63) is 62.3 Å². The fourth-order valence-corrected chi connectivity index (χ4v) is 3.31. The van der Waals surface area contributed by atoms with Gasteiger partial charge in [0.25, 0.3) is 11.6 Å². The van der Waals surface area contributed by atoms with E-state index in [1.165, 1.54) is 23.5 Å². The summed E-state index contributed by atoms with van der Waals surface area (Å²) in [7, 11) is 0. The van der Waals surface area contributed by atoms with Crippen molar-refractivity contribution >= 4 is 29.0 Å². The van der Waals surface area contributed by atoms with E-state index in [1.807, 2.05) is 11.4 Å². The summed E-state index contributed by atoms with van der Waals surface area (Å²) in [6.07, 6.45) is 0. The number of urea groups is 1. The number of carbonyl (C=O) groups excluding carboxylic acids is 2. The van der Waals surface area contributed by atoms with E-state index in [2.05, 4.69) is 5.32 Å². The highest BCUT2D eigenvalue weighted by atomic mass is 32.1. The summed E-state index contributed by atoms with van der Waals surface area (Å²) >= 11 is 1.40. The molecule has 8 heteroatoms. The summed E-state index contributed by atoms with van der Waals surface area (Å²) in [5, 5.41) is 15.2. The molecule has 1 atom stereocenters. The highest BCUT2D eigenvalue weighted by Crippen LogP contribution is 2.32. The lowest BCUT2D eigenvalue weighted by Gasteiger charge is -2.20. The number of hydrogen-bond donors (Lipinski definition) is 1. The van der Waals surface area contributed by atoms with Crippen molar-refractivity contribution < 1.29 is 14.5 Å². The zero-order valence-electron chi connectivity index (χ0n) is 12.2. The minimum atomic E-state index is -1.06. The maximum Gasteiger partial charge on any atom is 0.325 e. The SMILES string of the molecule is CC1(c2cccs2)NC(=O)N(Cc2ccc([N+](=O)[O-])cc2)C1=O. The van der Waals surface area contributed by atoms with Crippen molar-refractivity contribution in [2.45, 2.75) is 19.0 Å². The second-order valence-electron chi connectivity index (χ2n) is 5.35. The van der Waals surface area contributed by atoms with E-state index in [1.54, 1.807) is 25.1 Å². The number of nitro benzene ring substituents is 1. The number of nitro groups is 1. The van der Waals surface area contributed by atoms with Gasteiger partial charge in [-0.05, 0) is 23.9 Å². The van der Waals surface area contributed by atoms with Gasteiger partial charge in [0.15, 0.2) is 5.54 Å². The molecule has 1 unspecified atom stereocenters. The average molecular weight is 331 g/mol. The summed E-state index contributed by atoms with van der Waals surface area (Å²) < 4.78 is 0. The number of rotatable bonds is 4. The number of thiophene rings is 1. The number of amides is 3. The lowest BCUT2D eigenvalue weighted by Crippen LogP contribution is -2.40. The van der Waals surface area contributed by atoms with Crippen molar-refractivity contribution in [1.82, 2.24) is 10.2 Å². The van der Waals surface area contributed by atoms with Crippen LogP contribution in [0.1, 0.15) is 17.4 Å². The number of non-ortho nitro benzene ring substituents is 1. The van der Waals surface area contributed by atoms with Gasteiger partial charge in [-0.2, -0.15) is 0 Å². The summed E-state index contributed by atoms with van der Waals surface area (Å²) in [5.74, 6) is -0.330. The van der Waals surface area contributed by atoms with E-state index in [0.29, 0.717) is 5.56 Å². The summed E-state index contributed by atoms with van der Waals surface area (Å²) in [6, 6.07) is 8.95. The van der Waals surface area contributed by atoms with Gasteiger partial charge in [-0.15, -0.1) is 11.3 Å². The Morgan fingerprint density at radius 3 is 2.52 bits per heavy atom. The van der Waals surface area contributed by atoms with Crippen molar-refractivity contribution in [2.24, 2.45) is 0 Å². The molecule has 1 N–H and O–H groups in total. The molecule has 0 bridgehead atoms. The maximum absolute atomic E-state index is 12.7. The standard InChI is InChI=1S/C15H13N3O4S/c1-15(12-3-2-8-23-12)13(19)17(14(20)16-15)9-10-4-6-11(7-5-10)18(21)22/h2-8H,9H2,1H3,(H,16,20). The van der Waals surface area contributed by atoms with E-state index >= 15 is 0 Å². The van der Waals surface area contributed by atoms with Crippen LogP contribution in [0.15, 0.2) is 41.8 Å². The van der Waals surface area contributed by atoms with Gasteiger partial charge in [-0.1, -0.05) is 18.2 Å². The number of hydrogen-bond acceptors (Lipinski definition) is 5. The maximum atomic E-state index is 12.7. The molecule has 2 heterocycles. The Morgan fingerprint density at radius 2 is 1.96 bits per heavy atom. The Bertz CT molecular complexity index is 773. The molecular weight excluding hydrogens is 318 g/mol. The highest BCUT2D eigenvalue weighted by molar-refractivity contribution is 7.10. The van der Waals surface area contributed by atoms with E-state index < -0.39 is 16.5 Å². The predicted octanol–water partition coefficient (Wildman–Crippen LogP) is 2.62. The highest BCUT2D eigenvalue weighted by Gasteiger charge is 2.49. The Kier molecular flexibility index (Phi) is 3.61. The van der Waals surface area contributed by atoms with E-state index in [9.17, 15) is 19.7 Å². The number of carbonyl (C=O) groups is 2. The van der Waals surface area contributed by atoms with Crippen molar-refractivity contribution in [3.8, 4) is 0 Å². The molecule has 3 amide bonds. The molecule has 1 aromatic heterocycles. The first kappa shape index (κ1) is 15.2. The molecule has 1 saturated heterocycles.